The van der Waals surface area contributed by atoms with Crippen LogP contribution < -0.4 is 10.0 Å². The molecule has 0 radical (unpaired) electrons. The van der Waals surface area contributed by atoms with Crippen molar-refractivity contribution in [3.63, 3.8) is 0 Å². The quantitative estimate of drug-likeness (QED) is 0.440. The van der Waals surface area contributed by atoms with E-state index in [9.17, 15) is 18.4 Å². The molecule has 0 spiro atoms. The fourth-order valence-electron chi connectivity index (χ4n) is 2.95. The summed E-state index contributed by atoms with van der Waals surface area (Å²) in [6.45, 7) is 2.81. The maximum atomic E-state index is 12.7. The van der Waals surface area contributed by atoms with Crippen LogP contribution in [0.15, 0.2) is 58.6 Å². The molecule has 1 aliphatic rings. The number of aromatic nitrogens is 1. The Morgan fingerprint density at radius 3 is 2.46 bits per heavy atom. The highest BCUT2D eigenvalue weighted by Crippen LogP contribution is 2.23. The van der Waals surface area contributed by atoms with Gasteiger partial charge in [-0.05, 0) is 61.9 Å². The zero-order chi connectivity index (χ0) is 20.1. The molecule has 1 saturated heterocycles. The Hall–Kier alpha value is -2.10. The monoisotopic (exact) mass is 421 g/mol. The van der Waals surface area contributed by atoms with Gasteiger partial charge in [0.1, 0.15) is 0 Å². The van der Waals surface area contributed by atoms with Gasteiger partial charge in [0.25, 0.3) is 5.03 Å². The molecule has 2 heterocycles. The first-order valence-electron chi connectivity index (χ1n) is 9.14. The first-order chi connectivity index (χ1) is 13.4. The number of nitrogens with one attached hydrogen (secondary N) is 1. The van der Waals surface area contributed by atoms with Crippen molar-refractivity contribution in [2.45, 2.75) is 41.4 Å². The van der Waals surface area contributed by atoms with Crippen LogP contribution >= 0.6 is 11.8 Å². The van der Waals surface area contributed by atoms with Crippen LogP contribution in [0, 0.1) is 5.21 Å². The van der Waals surface area contributed by atoms with E-state index in [4.69, 9.17) is 0 Å². The van der Waals surface area contributed by atoms with E-state index in [0.717, 1.165) is 31.0 Å². The van der Waals surface area contributed by atoms with E-state index < -0.39 is 15.3 Å². The van der Waals surface area contributed by atoms with Crippen LogP contribution in [0.3, 0.4) is 0 Å². The number of piperidine rings is 1. The van der Waals surface area contributed by atoms with Crippen LogP contribution in [0.1, 0.15) is 26.2 Å². The highest BCUT2D eigenvalue weighted by atomic mass is 32.2. The molecule has 0 saturated carbocycles. The largest absolute Gasteiger partial charge is 0.618 e. The van der Waals surface area contributed by atoms with Crippen molar-refractivity contribution in [3.05, 3.63) is 53.9 Å². The molecule has 7 nitrogen and oxygen atoms in total. The Balaban J connectivity index is 1.63. The van der Waals surface area contributed by atoms with Gasteiger partial charge in [0.15, 0.2) is 6.20 Å². The van der Waals surface area contributed by atoms with Crippen molar-refractivity contribution in [2.24, 2.45) is 0 Å². The number of nitrogens with zero attached hydrogens (tertiary/aromatic N) is 2. The smallest absolute Gasteiger partial charge is 0.252 e. The van der Waals surface area contributed by atoms with Crippen molar-refractivity contribution in [3.8, 4) is 0 Å². The van der Waals surface area contributed by atoms with Crippen LogP contribution in [0.25, 0.3) is 0 Å². The van der Waals surface area contributed by atoms with E-state index in [2.05, 4.69) is 5.32 Å². The maximum absolute atomic E-state index is 12.7. The Labute approximate surface area is 169 Å². The second-order valence-electron chi connectivity index (χ2n) is 6.60. The number of hydrogen-bond acceptors (Lipinski definition) is 5. The lowest BCUT2D eigenvalue weighted by molar-refractivity contribution is -0.645. The van der Waals surface area contributed by atoms with E-state index in [0.29, 0.717) is 28.5 Å². The van der Waals surface area contributed by atoms with E-state index in [-0.39, 0.29) is 10.8 Å². The summed E-state index contributed by atoms with van der Waals surface area (Å²) in [7, 11) is -3.49. The highest BCUT2D eigenvalue weighted by molar-refractivity contribution is 8.00. The molecule has 150 valence electrons. The summed E-state index contributed by atoms with van der Waals surface area (Å²) >= 11 is 1.16. The number of carbonyl (C=O) groups is 1. The molecule has 0 bridgehead atoms. The van der Waals surface area contributed by atoms with Gasteiger partial charge in [-0.1, -0.05) is 6.42 Å². The normalized spacial score (nSPS) is 16.5. The van der Waals surface area contributed by atoms with Crippen LogP contribution in [0.5, 0.6) is 0 Å². The molecule has 1 unspecified atom stereocenters. The summed E-state index contributed by atoms with van der Waals surface area (Å²) in [5.74, 6) is -0.263. The zero-order valence-corrected chi connectivity index (χ0v) is 17.2. The number of pyridine rings is 1. The first kappa shape index (κ1) is 20.6. The minimum Gasteiger partial charge on any atom is -0.618 e. The molecule has 1 amide bonds. The number of sulfonamides is 1. The van der Waals surface area contributed by atoms with Crippen LogP contribution in [0.2, 0.25) is 0 Å². The molecular formula is C19H23N3O4S2. The molecule has 1 N–H and O–H groups in total. The van der Waals surface area contributed by atoms with Crippen molar-refractivity contribution < 1.29 is 17.9 Å². The standard InChI is InChI=1S/C19H23N3O4S2/c1-15(27-18-7-3-6-14-22(18)24)19(23)20-16-8-10-17(11-9-16)28(25,26)21-12-4-2-5-13-21/h3,6-11,14-15H,2,4-5,12-13H2,1H3,(H,20,23). The third-order valence-corrected chi connectivity index (χ3v) is 7.57. The SMILES string of the molecule is CC(Sc1cccc[n+]1[O-])C(=O)Nc1ccc(S(=O)(=O)N2CCCCC2)cc1. The number of benzene rings is 1. The molecule has 2 aromatic rings. The predicted molar refractivity (Wildman–Crippen MR) is 108 cm³/mol. The number of carbonyl (C=O) groups excluding carboxylic acids is 1. The predicted octanol–water partition coefficient (Wildman–Crippen LogP) is 2.61. The summed E-state index contributed by atoms with van der Waals surface area (Å²) in [5, 5.41) is 14.4. The van der Waals surface area contributed by atoms with Gasteiger partial charge >= 0.3 is 0 Å². The van der Waals surface area contributed by atoms with Crippen molar-refractivity contribution in [1.29, 1.82) is 0 Å². The zero-order valence-electron chi connectivity index (χ0n) is 15.6. The topological polar surface area (TPSA) is 93.4 Å². The lowest BCUT2D eigenvalue weighted by atomic mass is 10.2. The minimum absolute atomic E-state index is 0.228. The Morgan fingerprint density at radius 2 is 1.82 bits per heavy atom. The minimum atomic E-state index is -3.49. The summed E-state index contributed by atoms with van der Waals surface area (Å²) in [6, 6.07) is 11.2. The van der Waals surface area contributed by atoms with Crippen LogP contribution in [-0.4, -0.2) is 37.0 Å². The molecule has 28 heavy (non-hydrogen) atoms. The molecule has 3 rings (SSSR count). The maximum Gasteiger partial charge on any atom is 0.252 e. The van der Waals surface area contributed by atoms with Gasteiger partial charge in [0.05, 0.1) is 10.1 Å². The average molecular weight is 422 g/mol. The summed E-state index contributed by atoms with van der Waals surface area (Å²) in [5.41, 5.74) is 0.512. The van der Waals surface area contributed by atoms with E-state index in [1.807, 2.05) is 0 Å². The van der Waals surface area contributed by atoms with E-state index in [1.165, 1.54) is 22.6 Å². The molecule has 1 aromatic carbocycles. The molecule has 1 aromatic heterocycles. The number of rotatable bonds is 6. The lowest BCUT2D eigenvalue weighted by Gasteiger charge is -2.25. The van der Waals surface area contributed by atoms with E-state index in [1.54, 1.807) is 37.3 Å². The van der Waals surface area contributed by atoms with Crippen molar-refractivity contribution >= 4 is 33.4 Å². The highest BCUT2D eigenvalue weighted by Gasteiger charge is 2.26. The third kappa shape index (κ3) is 4.84. The molecule has 1 fully saturated rings. The van der Waals surface area contributed by atoms with Crippen LogP contribution in [-0.2, 0) is 14.8 Å². The van der Waals surface area contributed by atoms with Crippen molar-refractivity contribution in [2.75, 3.05) is 18.4 Å². The second-order valence-corrected chi connectivity index (χ2v) is 9.90. The molecule has 0 aliphatic carbocycles. The van der Waals surface area contributed by atoms with Crippen molar-refractivity contribution in [1.82, 2.24) is 4.31 Å². The summed E-state index contributed by atoms with van der Waals surface area (Å²) in [4.78, 5) is 12.6. The molecular weight excluding hydrogens is 398 g/mol. The fraction of sp³-hybridized carbons (Fsp3) is 0.368. The number of anilines is 1. The van der Waals surface area contributed by atoms with Gasteiger partial charge < -0.3 is 10.5 Å². The number of hydrogen-bond donors (Lipinski definition) is 1. The Bertz CT molecular complexity index is 926. The molecule has 9 heteroatoms. The summed E-state index contributed by atoms with van der Waals surface area (Å²) < 4.78 is 27.6. The van der Waals surface area contributed by atoms with Crippen LogP contribution in [0.4, 0.5) is 5.69 Å². The summed E-state index contributed by atoms with van der Waals surface area (Å²) in [6.07, 6.45) is 4.21. The molecule has 1 atom stereocenters. The van der Waals surface area contributed by atoms with Gasteiger partial charge in [0.2, 0.25) is 15.9 Å². The Kier molecular flexibility index (Phi) is 6.58. The fourth-order valence-corrected chi connectivity index (χ4v) is 5.31. The Morgan fingerprint density at radius 1 is 1.14 bits per heavy atom. The lowest BCUT2D eigenvalue weighted by Crippen LogP contribution is -2.35. The van der Waals surface area contributed by atoms with Gasteiger partial charge in [-0.3, -0.25) is 4.79 Å². The van der Waals surface area contributed by atoms with Gasteiger partial charge in [0, 0.05) is 30.9 Å². The third-order valence-electron chi connectivity index (χ3n) is 4.53. The number of amides is 1. The number of thioether (sulfide) groups is 1. The second kappa shape index (κ2) is 8.93. The van der Waals surface area contributed by atoms with E-state index >= 15 is 0 Å². The first-order valence-corrected chi connectivity index (χ1v) is 11.5. The van der Waals surface area contributed by atoms with Gasteiger partial charge in [-0.25, -0.2) is 8.42 Å². The van der Waals surface area contributed by atoms with Gasteiger partial charge in [-0.2, -0.15) is 9.04 Å². The van der Waals surface area contributed by atoms with Gasteiger partial charge in [-0.15, -0.1) is 0 Å². The average Bonchev–Trinajstić information content (AvgIpc) is 2.70. The molecule has 1 aliphatic heterocycles.